The molecule has 0 radical (unpaired) electrons. The van der Waals surface area contributed by atoms with Gasteiger partial charge in [0.25, 0.3) is 0 Å². The molecule has 0 aromatic heterocycles. The van der Waals surface area contributed by atoms with Crippen LogP contribution in [-0.2, 0) is 4.79 Å². The summed E-state index contributed by atoms with van der Waals surface area (Å²) in [5.41, 5.74) is 0. The summed E-state index contributed by atoms with van der Waals surface area (Å²) >= 11 is 0. The standard InChI is InChI=1S/C34H65NO4/c1-3-5-7-9-11-13-14-15-16-17-18-19-21-23-25-27-29-33(38)34(39)35-31(30-36)32(37)28-26-24-22-20-12-10-8-6-4-2/h12,20,26,28,31-33,36-38H,3-11,13-19,21-25,27,29-30H2,1-2H3,(H,35,39)/b20-12+,28-26+. The number of amides is 1. The monoisotopic (exact) mass is 551 g/mol. The molecule has 0 saturated carbocycles. The second kappa shape index (κ2) is 29.8. The molecule has 0 rings (SSSR count). The van der Waals surface area contributed by atoms with Crippen molar-refractivity contribution in [3.05, 3.63) is 24.3 Å². The molecule has 0 spiro atoms. The third kappa shape index (κ3) is 25.5. The molecule has 39 heavy (non-hydrogen) atoms. The van der Waals surface area contributed by atoms with Crippen LogP contribution in [0.15, 0.2) is 24.3 Å². The zero-order chi connectivity index (χ0) is 28.8. The molecule has 0 aromatic carbocycles. The van der Waals surface area contributed by atoms with Gasteiger partial charge in [0.1, 0.15) is 6.10 Å². The Bertz CT molecular complexity index is 578. The molecule has 0 fully saturated rings. The Morgan fingerprint density at radius 2 is 1.05 bits per heavy atom. The number of nitrogens with one attached hydrogen (secondary N) is 1. The summed E-state index contributed by atoms with van der Waals surface area (Å²) in [4.78, 5) is 12.3. The first-order valence-electron chi connectivity index (χ1n) is 16.7. The van der Waals surface area contributed by atoms with Crippen LogP contribution >= 0.6 is 0 Å². The molecular formula is C34H65NO4. The van der Waals surface area contributed by atoms with Crippen LogP contribution in [0.2, 0.25) is 0 Å². The number of rotatable bonds is 29. The predicted molar refractivity (Wildman–Crippen MR) is 167 cm³/mol. The van der Waals surface area contributed by atoms with Gasteiger partial charge in [0.15, 0.2) is 0 Å². The Balaban J connectivity index is 3.75. The average Bonchev–Trinajstić information content (AvgIpc) is 2.94. The normalized spacial score (nSPS) is 14.3. The summed E-state index contributed by atoms with van der Waals surface area (Å²) in [6, 6.07) is -0.807. The van der Waals surface area contributed by atoms with E-state index in [4.69, 9.17) is 0 Å². The summed E-state index contributed by atoms with van der Waals surface area (Å²) in [6.45, 7) is 4.09. The maximum absolute atomic E-state index is 12.3. The largest absolute Gasteiger partial charge is 0.394 e. The number of aliphatic hydroxyl groups excluding tert-OH is 3. The van der Waals surface area contributed by atoms with Crippen molar-refractivity contribution < 1.29 is 20.1 Å². The van der Waals surface area contributed by atoms with Gasteiger partial charge >= 0.3 is 0 Å². The number of aliphatic hydroxyl groups is 3. The van der Waals surface area contributed by atoms with Crippen LogP contribution in [0.4, 0.5) is 0 Å². The van der Waals surface area contributed by atoms with Crippen molar-refractivity contribution in [1.82, 2.24) is 5.32 Å². The highest BCUT2D eigenvalue weighted by atomic mass is 16.3. The Labute approximate surface area is 241 Å². The minimum absolute atomic E-state index is 0.375. The van der Waals surface area contributed by atoms with E-state index in [0.717, 1.165) is 38.5 Å². The quantitative estimate of drug-likeness (QED) is 0.0556. The van der Waals surface area contributed by atoms with E-state index in [9.17, 15) is 20.1 Å². The van der Waals surface area contributed by atoms with Crippen molar-refractivity contribution in [2.24, 2.45) is 0 Å². The van der Waals surface area contributed by atoms with Crippen molar-refractivity contribution in [3.63, 3.8) is 0 Å². The number of carbonyl (C=O) groups excluding carboxylic acids is 1. The van der Waals surface area contributed by atoms with E-state index in [2.05, 4.69) is 31.3 Å². The zero-order valence-electron chi connectivity index (χ0n) is 25.8. The van der Waals surface area contributed by atoms with Crippen molar-refractivity contribution in [3.8, 4) is 0 Å². The summed E-state index contributed by atoms with van der Waals surface area (Å²) in [5.74, 6) is -0.516. The van der Waals surface area contributed by atoms with Crippen molar-refractivity contribution in [2.75, 3.05) is 6.61 Å². The molecule has 0 saturated heterocycles. The van der Waals surface area contributed by atoms with Gasteiger partial charge in [0, 0.05) is 0 Å². The summed E-state index contributed by atoms with van der Waals surface area (Å²) in [5, 5.41) is 32.7. The molecule has 0 aliphatic carbocycles. The Morgan fingerprint density at radius 1 is 0.615 bits per heavy atom. The van der Waals surface area contributed by atoms with Gasteiger partial charge in [-0.15, -0.1) is 0 Å². The van der Waals surface area contributed by atoms with Gasteiger partial charge in [0.05, 0.1) is 18.8 Å². The van der Waals surface area contributed by atoms with Crippen molar-refractivity contribution in [1.29, 1.82) is 0 Å². The third-order valence-electron chi connectivity index (χ3n) is 7.54. The van der Waals surface area contributed by atoms with Gasteiger partial charge in [-0.25, -0.2) is 0 Å². The molecule has 3 unspecified atom stereocenters. The molecule has 5 nitrogen and oxygen atoms in total. The lowest BCUT2D eigenvalue weighted by Crippen LogP contribution is -2.48. The van der Waals surface area contributed by atoms with Crippen molar-refractivity contribution >= 4 is 5.91 Å². The Morgan fingerprint density at radius 3 is 1.56 bits per heavy atom. The van der Waals surface area contributed by atoms with Crippen LogP contribution in [0.3, 0.4) is 0 Å². The first-order chi connectivity index (χ1) is 19.1. The topological polar surface area (TPSA) is 89.8 Å². The molecule has 0 aliphatic rings. The molecule has 1 amide bonds. The van der Waals surface area contributed by atoms with E-state index in [0.29, 0.717) is 6.42 Å². The maximum atomic E-state index is 12.3. The molecule has 0 aliphatic heterocycles. The van der Waals surface area contributed by atoms with Gasteiger partial charge in [-0.3, -0.25) is 4.79 Å². The van der Waals surface area contributed by atoms with E-state index < -0.39 is 24.2 Å². The van der Waals surface area contributed by atoms with Crippen LogP contribution in [0.5, 0.6) is 0 Å². The second-order valence-corrected chi connectivity index (χ2v) is 11.4. The summed E-state index contributed by atoms with van der Waals surface area (Å²) in [7, 11) is 0. The molecule has 0 aromatic rings. The highest BCUT2D eigenvalue weighted by Gasteiger charge is 2.22. The van der Waals surface area contributed by atoms with Crippen LogP contribution in [0, 0.1) is 0 Å². The lowest BCUT2D eigenvalue weighted by atomic mass is 10.0. The van der Waals surface area contributed by atoms with E-state index in [1.54, 1.807) is 6.08 Å². The fraction of sp³-hybridized carbons (Fsp3) is 0.853. The smallest absolute Gasteiger partial charge is 0.249 e. The molecule has 5 heteroatoms. The van der Waals surface area contributed by atoms with Gasteiger partial charge < -0.3 is 20.6 Å². The van der Waals surface area contributed by atoms with Gasteiger partial charge in [0.2, 0.25) is 5.91 Å². The second-order valence-electron chi connectivity index (χ2n) is 11.4. The minimum Gasteiger partial charge on any atom is -0.394 e. The average molecular weight is 552 g/mol. The van der Waals surface area contributed by atoms with Crippen LogP contribution < -0.4 is 5.32 Å². The van der Waals surface area contributed by atoms with Crippen LogP contribution in [0.1, 0.15) is 162 Å². The van der Waals surface area contributed by atoms with E-state index in [1.165, 1.54) is 103 Å². The molecule has 0 heterocycles. The number of allylic oxidation sites excluding steroid dienone is 3. The van der Waals surface area contributed by atoms with E-state index in [-0.39, 0.29) is 6.61 Å². The molecular weight excluding hydrogens is 486 g/mol. The number of hydrogen-bond acceptors (Lipinski definition) is 4. The first kappa shape index (κ1) is 37.8. The number of hydrogen-bond donors (Lipinski definition) is 4. The van der Waals surface area contributed by atoms with E-state index in [1.807, 2.05) is 6.08 Å². The zero-order valence-corrected chi connectivity index (χ0v) is 25.8. The molecule has 4 N–H and O–H groups in total. The highest BCUT2D eigenvalue weighted by Crippen LogP contribution is 2.14. The lowest BCUT2D eigenvalue weighted by molar-refractivity contribution is -0.131. The first-order valence-corrected chi connectivity index (χ1v) is 16.7. The Hall–Kier alpha value is -1.17. The van der Waals surface area contributed by atoms with Crippen LogP contribution in [0.25, 0.3) is 0 Å². The summed E-state index contributed by atoms with van der Waals surface area (Å²) < 4.78 is 0. The fourth-order valence-corrected chi connectivity index (χ4v) is 4.84. The highest BCUT2D eigenvalue weighted by molar-refractivity contribution is 5.80. The van der Waals surface area contributed by atoms with Gasteiger partial charge in [-0.1, -0.05) is 154 Å². The maximum Gasteiger partial charge on any atom is 0.249 e. The van der Waals surface area contributed by atoms with Gasteiger partial charge in [-0.05, 0) is 32.1 Å². The minimum atomic E-state index is -1.10. The molecule has 0 bridgehead atoms. The summed E-state index contributed by atoms with van der Waals surface area (Å²) in [6.07, 6.45) is 33.4. The van der Waals surface area contributed by atoms with Gasteiger partial charge in [-0.2, -0.15) is 0 Å². The Kier molecular flexibility index (Phi) is 28.9. The third-order valence-corrected chi connectivity index (χ3v) is 7.54. The molecule has 230 valence electrons. The predicted octanol–water partition coefficient (Wildman–Crippen LogP) is 8.31. The van der Waals surface area contributed by atoms with E-state index >= 15 is 0 Å². The lowest BCUT2D eigenvalue weighted by Gasteiger charge is -2.21. The number of unbranched alkanes of at least 4 members (excludes halogenated alkanes) is 19. The van der Waals surface area contributed by atoms with Crippen LogP contribution in [-0.4, -0.2) is 46.1 Å². The number of carbonyl (C=O) groups is 1. The fourth-order valence-electron chi connectivity index (χ4n) is 4.84. The van der Waals surface area contributed by atoms with Crippen molar-refractivity contribution in [2.45, 2.75) is 180 Å². The SMILES string of the molecule is CCCCC/C=C/CC/C=C/C(O)C(CO)NC(=O)C(O)CCCCCCCCCCCCCCCCCC. The molecule has 3 atom stereocenters.